The number of ketones is 1. The fourth-order valence-electron chi connectivity index (χ4n) is 2.26. The maximum atomic E-state index is 12.9. The first-order valence-corrected chi connectivity index (χ1v) is 6.61. The van der Waals surface area contributed by atoms with E-state index in [0.717, 1.165) is 4.57 Å². The van der Waals surface area contributed by atoms with Crippen molar-refractivity contribution < 1.29 is 23.5 Å². The van der Waals surface area contributed by atoms with Crippen LogP contribution in [0.1, 0.15) is 15.9 Å². The van der Waals surface area contributed by atoms with Crippen LogP contribution < -0.4 is 5.76 Å². The summed E-state index contributed by atoms with van der Waals surface area (Å²) in [6.07, 6.45) is 0. The zero-order valence-electron chi connectivity index (χ0n) is 11.7. The number of aromatic nitrogens is 1. The van der Waals surface area contributed by atoms with E-state index < -0.39 is 24.1 Å². The highest BCUT2D eigenvalue weighted by atomic mass is 19.1. The number of fused-ring (bicyclic) bond motifs is 1. The quantitative estimate of drug-likeness (QED) is 0.744. The number of hydrogen-bond donors (Lipinski definition) is 1. The number of rotatable bonds is 4. The van der Waals surface area contributed by atoms with Gasteiger partial charge in [0.05, 0.1) is 5.52 Å². The Labute approximate surface area is 128 Å². The molecule has 3 rings (SSSR count). The molecule has 0 unspecified atom stereocenters. The largest absolute Gasteiger partial charge is 0.480 e. The van der Waals surface area contributed by atoms with E-state index in [1.165, 1.54) is 42.5 Å². The predicted molar refractivity (Wildman–Crippen MR) is 77.9 cm³/mol. The molecule has 0 amide bonds. The molecule has 116 valence electrons. The van der Waals surface area contributed by atoms with Crippen LogP contribution in [0.25, 0.3) is 11.1 Å². The van der Waals surface area contributed by atoms with E-state index in [9.17, 15) is 18.8 Å². The normalized spacial score (nSPS) is 10.8. The molecule has 3 aromatic rings. The molecule has 0 fully saturated rings. The number of carboxylic acids is 1. The molecular formula is C16H10FNO5. The van der Waals surface area contributed by atoms with E-state index in [2.05, 4.69) is 0 Å². The SMILES string of the molecule is O=C(O)Cn1c(=O)oc2cc(C(=O)c3ccc(F)cc3)ccc21. The summed E-state index contributed by atoms with van der Waals surface area (Å²) in [5.74, 6) is -2.80. The molecule has 1 N–H and O–H groups in total. The Bertz CT molecular complexity index is 968. The number of carbonyl (C=O) groups excluding carboxylic acids is 1. The van der Waals surface area contributed by atoms with Crippen molar-refractivity contribution in [1.29, 1.82) is 0 Å². The van der Waals surface area contributed by atoms with Crippen LogP contribution in [0, 0.1) is 5.82 Å². The molecule has 2 aromatic carbocycles. The van der Waals surface area contributed by atoms with Crippen molar-refractivity contribution in [2.75, 3.05) is 0 Å². The first-order chi connectivity index (χ1) is 11.0. The van der Waals surface area contributed by atoms with Crippen LogP contribution in [0.4, 0.5) is 4.39 Å². The molecule has 0 spiro atoms. The first-order valence-electron chi connectivity index (χ1n) is 6.61. The van der Waals surface area contributed by atoms with Crippen LogP contribution in [-0.2, 0) is 11.3 Å². The second-order valence-electron chi connectivity index (χ2n) is 4.87. The minimum absolute atomic E-state index is 0.115. The van der Waals surface area contributed by atoms with E-state index in [0.29, 0.717) is 0 Å². The average Bonchev–Trinajstić information content (AvgIpc) is 2.82. The molecule has 0 aliphatic carbocycles. The van der Waals surface area contributed by atoms with Gasteiger partial charge >= 0.3 is 11.7 Å². The standard InChI is InChI=1S/C16H10FNO5/c17-11-4-1-9(2-5-11)15(21)10-3-6-12-13(7-10)23-16(22)18(12)8-14(19)20/h1-7H,8H2,(H,19,20). The first kappa shape index (κ1) is 14.7. The topological polar surface area (TPSA) is 89.5 Å². The van der Waals surface area contributed by atoms with Crippen molar-refractivity contribution in [1.82, 2.24) is 4.57 Å². The summed E-state index contributed by atoms with van der Waals surface area (Å²) in [7, 11) is 0. The number of benzene rings is 2. The number of oxazole rings is 1. The lowest BCUT2D eigenvalue weighted by molar-refractivity contribution is -0.137. The lowest BCUT2D eigenvalue weighted by Gasteiger charge is -2.02. The number of hydrogen-bond acceptors (Lipinski definition) is 4. The van der Waals surface area contributed by atoms with Crippen LogP contribution in [-0.4, -0.2) is 21.4 Å². The number of nitrogens with zero attached hydrogens (tertiary/aromatic N) is 1. The van der Waals surface area contributed by atoms with Crippen molar-refractivity contribution in [3.63, 3.8) is 0 Å². The van der Waals surface area contributed by atoms with Crippen molar-refractivity contribution >= 4 is 22.9 Å². The zero-order valence-corrected chi connectivity index (χ0v) is 11.7. The highest BCUT2D eigenvalue weighted by Crippen LogP contribution is 2.18. The Morgan fingerprint density at radius 2 is 1.74 bits per heavy atom. The van der Waals surface area contributed by atoms with Crippen LogP contribution in [0.2, 0.25) is 0 Å². The number of carbonyl (C=O) groups is 2. The fourth-order valence-corrected chi connectivity index (χ4v) is 2.26. The lowest BCUT2D eigenvalue weighted by atomic mass is 10.0. The van der Waals surface area contributed by atoms with Crippen molar-refractivity contribution in [3.05, 3.63) is 70.0 Å². The molecular weight excluding hydrogens is 305 g/mol. The molecule has 6 nitrogen and oxygen atoms in total. The van der Waals surface area contributed by atoms with Gasteiger partial charge in [-0.1, -0.05) is 0 Å². The summed E-state index contributed by atoms with van der Waals surface area (Å²) < 4.78 is 18.8. The van der Waals surface area contributed by atoms with Crippen molar-refractivity contribution in [3.8, 4) is 0 Å². The highest BCUT2D eigenvalue weighted by molar-refractivity contribution is 6.10. The van der Waals surface area contributed by atoms with Gasteiger partial charge in [-0.25, -0.2) is 9.18 Å². The van der Waals surface area contributed by atoms with Crippen LogP contribution >= 0.6 is 0 Å². The number of aliphatic carboxylic acids is 1. The molecule has 0 saturated carbocycles. The van der Waals surface area contributed by atoms with Crippen LogP contribution in [0.15, 0.2) is 51.7 Å². The summed E-state index contributed by atoms with van der Waals surface area (Å²) in [6.45, 7) is -0.531. The maximum absolute atomic E-state index is 12.9. The summed E-state index contributed by atoms with van der Waals surface area (Å²) in [5, 5.41) is 8.80. The molecule has 0 aliphatic rings. The number of halogens is 1. The average molecular weight is 315 g/mol. The van der Waals surface area contributed by atoms with E-state index in [-0.39, 0.29) is 28.0 Å². The van der Waals surface area contributed by atoms with Crippen molar-refractivity contribution in [2.45, 2.75) is 6.54 Å². The fraction of sp³-hybridized carbons (Fsp3) is 0.0625. The molecule has 23 heavy (non-hydrogen) atoms. The second kappa shape index (κ2) is 5.53. The van der Waals surface area contributed by atoms with Gasteiger partial charge in [-0.2, -0.15) is 0 Å². The maximum Gasteiger partial charge on any atom is 0.420 e. The molecule has 1 aromatic heterocycles. The van der Waals surface area contributed by atoms with Gasteiger partial charge in [0.25, 0.3) is 0 Å². The Balaban J connectivity index is 2.03. The summed E-state index contributed by atoms with van der Waals surface area (Å²) in [5.41, 5.74) is 0.940. The Hall–Kier alpha value is -3.22. The monoisotopic (exact) mass is 315 g/mol. The van der Waals surface area contributed by atoms with E-state index in [1.54, 1.807) is 0 Å². The van der Waals surface area contributed by atoms with Gasteiger partial charge in [0.15, 0.2) is 11.4 Å². The Morgan fingerprint density at radius 3 is 2.39 bits per heavy atom. The van der Waals surface area contributed by atoms with Gasteiger partial charge in [-0.3, -0.25) is 14.2 Å². The van der Waals surface area contributed by atoms with Gasteiger partial charge in [0.2, 0.25) is 0 Å². The third kappa shape index (κ3) is 2.76. The zero-order chi connectivity index (χ0) is 16.6. The summed E-state index contributed by atoms with van der Waals surface area (Å²) >= 11 is 0. The third-order valence-corrected chi connectivity index (χ3v) is 3.33. The van der Waals surface area contributed by atoms with Crippen LogP contribution in [0.3, 0.4) is 0 Å². The minimum atomic E-state index is -1.18. The van der Waals surface area contributed by atoms with Gasteiger partial charge in [0.1, 0.15) is 12.4 Å². The molecule has 0 bridgehead atoms. The molecule has 0 atom stereocenters. The van der Waals surface area contributed by atoms with Crippen molar-refractivity contribution in [2.24, 2.45) is 0 Å². The predicted octanol–water partition coefficient (Wildman–Crippen LogP) is 2.05. The number of carboxylic acid groups (broad SMARTS) is 1. The molecule has 0 aliphatic heterocycles. The van der Waals surface area contributed by atoms with E-state index >= 15 is 0 Å². The lowest BCUT2D eigenvalue weighted by Crippen LogP contribution is -2.19. The smallest absolute Gasteiger partial charge is 0.420 e. The van der Waals surface area contributed by atoms with Gasteiger partial charge in [0, 0.05) is 11.1 Å². The molecule has 1 heterocycles. The van der Waals surface area contributed by atoms with Gasteiger partial charge in [-0.05, 0) is 42.5 Å². The summed E-state index contributed by atoms with van der Waals surface area (Å²) in [6, 6.07) is 9.33. The van der Waals surface area contributed by atoms with Gasteiger partial charge < -0.3 is 9.52 Å². The Kier molecular flexibility index (Phi) is 3.53. The highest BCUT2D eigenvalue weighted by Gasteiger charge is 2.15. The minimum Gasteiger partial charge on any atom is -0.480 e. The van der Waals surface area contributed by atoms with Gasteiger partial charge in [-0.15, -0.1) is 0 Å². The molecule has 7 heteroatoms. The molecule has 0 radical (unpaired) electrons. The second-order valence-corrected chi connectivity index (χ2v) is 4.87. The Morgan fingerprint density at radius 1 is 1.09 bits per heavy atom. The van der Waals surface area contributed by atoms with E-state index in [1.807, 2.05) is 0 Å². The van der Waals surface area contributed by atoms with Crippen LogP contribution in [0.5, 0.6) is 0 Å². The third-order valence-electron chi connectivity index (χ3n) is 3.33. The summed E-state index contributed by atoms with van der Waals surface area (Å²) in [4.78, 5) is 34.8. The molecule has 0 saturated heterocycles. The van der Waals surface area contributed by atoms with E-state index in [4.69, 9.17) is 9.52 Å².